The summed E-state index contributed by atoms with van der Waals surface area (Å²) in [6.07, 6.45) is 1.69. The second-order valence-electron chi connectivity index (χ2n) is 5.83. The number of furan rings is 1. The summed E-state index contributed by atoms with van der Waals surface area (Å²) in [5.74, 6) is -0.00132. The fourth-order valence-corrected chi connectivity index (χ4v) is 2.61. The van der Waals surface area contributed by atoms with Crippen molar-refractivity contribution in [1.29, 1.82) is 0 Å². The van der Waals surface area contributed by atoms with Gasteiger partial charge in [-0.1, -0.05) is 48.5 Å². The number of hydrogen-bond acceptors (Lipinski definition) is 3. The van der Waals surface area contributed by atoms with E-state index >= 15 is 0 Å². The van der Waals surface area contributed by atoms with Crippen LogP contribution in [0.2, 0.25) is 0 Å². The van der Waals surface area contributed by atoms with E-state index in [9.17, 15) is 4.79 Å². The Labute approximate surface area is 141 Å². The summed E-state index contributed by atoms with van der Waals surface area (Å²) in [4.78, 5) is 12.3. The number of carbonyl (C=O) groups excluding carboxylic acids is 1. The van der Waals surface area contributed by atoms with Crippen LogP contribution in [0.4, 0.5) is 0 Å². The molecule has 4 heteroatoms. The van der Waals surface area contributed by atoms with Crippen LogP contribution >= 0.6 is 0 Å². The van der Waals surface area contributed by atoms with E-state index in [1.807, 2.05) is 56.3 Å². The highest BCUT2D eigenvalue weighted by atomic mass is 16.3. The van der Waals surface area contributed by atoms with Crippen molar-refractivity contribution in [3.05, 3.63) is 71.5 Å². The molecule has 1 aromatic heterocycles. The minimum atomic E-state index is -0.317. The standard InChI is InChI=1S/C20H20N2O2/c1-14(12-13-16-8-4-3-5-9-16)21-22-20(23)19-15(2)17-10-6-7-11-18(17)24-19/h3-11H,12-13H2,1-2H3,(H,22,23)/b21-14-. The summed E-state index contributed by atoms with van der Waals surface area (Å²) in [7, 11) is 0. The number of rotatable bonds is 5. The third-order valence-electron chi connectivity index (χ3n) is 4.02. The van der Waals surface area contributed by atoms with Crippen LogP contribution in [0, 0.1) is 6.92 Å². The number of carbonyl (C=O) groups is 1. The second kappa shape index (κ2) is 7.13. The highest BCUT2D eigenvalue weighted by Crippen LogP contribution is 2.24. The highest BCUT2D eigenvalue weighted by molar-refractivity contribution is 5.99. The minimum absolute atomic E-state index is 0.316. The maximum absolute atomic E-state index is 12.3. The molecule has 0 aliphatic rings. The van der Waals surface area contributed by atoms with Gasteiger partial charge in [-0.25, -0.2) is 5.43 Å². The number of aryl methyl sites for hydroxylation is 2. The molecule has 1 amide bonds. The monoisotopic (exact) mass is 320 g/mol. The van der Waals surface area contributed by atoms with Gasteiger partial charge in [-0.3, -0.25) is 4.79 Å². The van der Waals surface area contributed by atoms with Crippen molar-refractivity contribution in [2.75, 3.05) is 0 Å². The molecule has 1 heterocycles. The van der Waals surface area contributed by atoms with Gasteiger partial charge in [-0.15, -0.1) is 0 Å². The van der Waals surface area contributed by atoms with Gasteiger partial charge in [-0.2, -0.15) is 5.10 Å². The first-order valence-electron chi connectivity index (χ1n) is 8.00. The number of hydrogen-bond donors (Lipinski definition) is 1. The van der Waals surface area contributed by atoms with Gasteiger partial charge in [0.25, 0.3) is 0 Å². The van der Waals surface area contributed by atoms with Crippen molar-refractivity contribution in [2.45, 2.75) is 26.7 Å². The number of amides is 1. The predicted octanol–water partition coefficient (Wildman–Crippen LogP) is 4.48. The first-order valence-corrected chi connectivity index (χ1v) is 8.00. The molecule has 0 radical (unpaired) electrons. The summed E-state index contributed by atoms with van der Waals surface area (Å²) in [6, 6.07) is 17.8. The Kier molecular flexibility index (Phi) is 4.75. The van der Waals surface area contributed by atoms with E-state index < -0.39 is 0 Å². The molecule has 0 unspecified atom stereocenters. The molecule has 0 saturated heterocycles. The quantitative estimate of drug-likeness (QED) is 0.556. The predicted molar refractivity (Wildman–Crippen MR) is 96.3 cm³/mol. The number of nitrogens with zero attached hydrogens (tertiary/aromatic N) is 1. The van der Waals surface area contributed by atoms with Crippen molar-refractivity contribution in [3.8, 4) is 0 Å². The lowest BCUT2D eigenvalue weighted by molar-refractivity contribution is 0.0928. The van der Waals surface area contributed by atoms with Gasteiger partial charge < -0.3 is 4.42 Å². The van der Waals surface area contributed by atoms with Crippen LogP contribution in [-0.2, 0) is 6.42 Å². The summed E-state index contributed by atoms with van der Waals surface area (Å²) in [5.41, 5.74) is 6.27. The number of benzene rings is 2. The second-order valence-corrected chi connectivity index (χ2v) is 5.83. The van der Waals surface area contributed by atoms with Crippen molar-refractivity contribution in [1.82, 2.24) is 5.43 Å². The Morgan fingerprint density at radius 3 is 2.54 bits per heavy atom. The van der Waals surface area contributed by atoms with Gasteiger partial charge in [0.15, 0.2) is 5.76 Å². The van der Waals surface area contributed by atoms with E-state index in [2.05, 4.69) is 22.7 Å². The van der Waals surface area contributed by atoms with Crippen LogP contribution < -0.4 is 5.43 Å². The fraction of sp³-hybridized carbons (Fsp3) is 0.200. The molecule has 2 aromatic carbocycles. The first-order chi connectivity index (χ1) is 11.6. The third-order valence-corrected chi connectivity index (χ3v) is 4.02. The third kappa shape index (κ3) is 3.54. The van der Waals surface area contributed by atoms with Gasteiger partial charge >= 0.3 is 5.91 Å². The Hall–Kier alpha value is -2.88. The largest absolute Gasteiger partial charge is 0.451 e. The Morgan fingerprint density at radius 1 is 1.08 bits per heavy atom. The molecule has 0 aliphatic heterocycles. The van der Waals surface area contributed by atoms with E-state index in [1.54, 1.807) is 0 Å². The number of fused-ring (bicyclic) bond motifs is 1. The topological polar surface area (TPSA) is 54.6 Å². The van der Waals surface area contributed by atoms with Crippen LogP contribution in [0.15, 0.2) is 64.1 Å². The molecule has 1 N–H and O–H groups in total. The van der Waals surface area contributed by atoms with Gasteiger partial charge in [0, 0.05) is 16.7 Å². The van der Waals surface area contributed by atoms with E-state index in [0.29, 0.717) is 11.3 Å². The van der Waals surface area contributed by atoms with Crippen molar-refractivity contribution in [3.63, 3.8) is 0 Å². The molecule has 122 valence electrons. The molecule has 24 heavy (non-hydrogen) atoms. The molecule has 3 rings (SSSR count). The van der Waals surface area contributed by atoms with Gasteiger partial charge in [0.2, 0.25) is 0 Å². The molecule has 0 bridgehead atoms. The minimum Gasteiger partial charge on any atom is -0.451 e. The molecule has 0 fully saturated rings. The number of hydrazone groups is 1. The molecule has 4 nitrogen and oxygen atoms in total. The molecule has 0 atom stereocenters. The zero-order chi connectivity index (χ0) is 16.9. The van der Waals surface area contributed by atoms with E-state index in [4.69, 9.17) is 4.42 Å². The molecule has 0 saturated carbocycles. The smallest absolute Gasteiger partial charge is 0.307 e. The Bertz CT molecular complexity index is 879. The zero-order valence-corrected chi connectivity index (χ0v) is 13.9. The molecule has 3 aromatic rings. The first kappa shape index (κ1) is 16.0. The Morgan fingerprint density at radius 2 is 1.79 bits per heavy atom. The number of para-hydroxylation sites is 1. The zero-order valence-electron chi connectivity index (χ0n) is 13.9. The van der Waals surface area contributed by atoms with Crippen LogP contribution in [0.5, 0.6) is 0 Å². The SMILES string of the molecule is C/C(CCc1ccccc1)=N/NC(=O)c1oc2ccccc2c1C. The van der Waals surface area contributed by atoms with E-state index in [1.165, 1.54) is 5.56 Å². The molecule has 0 aliphatic carbocycles. The molecular weight excluding hydrogens is 300 g/mol. The number of nitrogens with one attached hydrogen (secondary N) is 1. The molecular formula is C20H20N2O2. The van der Waals surface area contributed by atoms with E-state index in [0.717, 1.165) is 29.5 Å². The van der Waals surface area contributed by atoms with E-state index in [-0.39, 0.29) is 5.91 Å². The fourth-order valence-electron chi connectivity index (χ4n) is 2.61. The maximum Gasteiger partial charge on any atom is 0.307 e. The summed E-state index contributed by atoms with van der Waals surface area (Å²) < 4.78 is 5.64. The average molecular weight is 320 g/mol. The highest BCUT2D eigenvalue weighted by Gasteiger charge is 2.16. The maximum atomic E-state index is 12.3. The van der Waals surface area contributed by atoms with Crippen molar-refractivity contribution in [2.24, 2.45) is 5.10 Å². The van der Waals surface area contributed by atoms with Crippen LogP contribution in [0.25, 0.3) is 11.0 Å². The van der Waals surface area contributed by atoms with Gasteiger partial charge in [-0.05, 0) is 38.3 Å². The van der Waals surface area contributed by atoms with Gasteiger partial charge in [0.05, 0.1) is 0 Å². The van der Waals surface area contributed by atoms with Crippen LogP contribution in [0.1, 0.15) is 35.0 Å². The van der Waals surface area contributed by atoms with Crippen molar-refractivity contribution >= 4 is 22.6 Å². The van der Waals surface area contributed by atoms with Crippen LogP contribution in [0.3, 0.4) is 0 Å². The van der Waals surface area contributed by atoms with Crippen LogP contribution in [-0.4, -0.2) is 11.6 Å². The lowest BCUT2D eigenvalue weighted by atomic mass is 10.1. The lowest BCUT2D eigenvalue weighted by Gasteiger charge is -2.02. The lowest BCUT2D eigenvalue weighted by Crippen LogP contribution is -2.19. The van der Waals surface area contributed by atoms with Crippen molar-refractivity contribution < 1.29 is 9.21 Å². The Balaban J connectivity index is 1.64. The molecule has 0 spiro atoms. The summed E-state index contributed by atoms with van der Waals surface area (Å²) in [6.45, 7) is 3.79. The van der Waals surface area contributed by atoms with Gasteiger partial charge in [0.1, 0.15) is 5.58 Å². The summed E-state index contributed by atoms with van der Waals surface area (Å²) >= 11 is 0. The normalized spacial score (nSPS) is 11.7. The summed E-state index contributed by atoms with van der Waals surface area (Å²) in [5, 5.41) is 5.14. The average Bonchev–Trinajstić information content (AvgIpc) is 2.96.